The van der Waals surface area contributed by atoms with Crippen molar-refractivity contribution in [2.75, 3.05) is 12.3 Å². The smallest absolute Gasteiger partial charge is 0.374 e. The molecule has 112 valence electrons. The van der Waals surface area contributed by atoms with Gasteiger partial charge < -0.3 is 19.6 Å². The minimum Gasteiger partial charge on any atom is -0.457 e. The number of hydrogen-bond donors (Lipinski definition) is 1. The van der Waals surface area contributed by atoms with Crippen molar-refractivity contribution in [3.05, 3.63) is 30.0 Å². The normalized spacial score (nSPS) is 20.8. The van der Waals surface area contributed by atoms with Crippen molar-refractivity contribution in [2.24, 2.45) is 0 Å². The summed E-state index contributed by atoms with van der Waals surface area (Å²) in [5, 5.41) is 0.792. The van der Waals surface area contributed by atoms with E-state index in [4.69, 9.17) is 19.6 Å². The zero-order valence-electron chi connectivity index (χ0n) is 12.2. The zero-order chi connectivity index (χ0) is 15.0. The first-order valence-corrected chi connectivity index (χ1v) is 7.07. The van der Waals surface area contributed by atoms with Gasteiger partial charge in [0.05, 0.1) is 11.7 Å². The number of furan rings is 1. The summed E-state index contributed by atoms with van der Waals surface area (Å²) in [4.78, 5) is 12.0. The van der Waals surface area contributed by atoms with Crippen LogP contribution in [0.25, 0.3) is 11.0 Å². The van der Waals surface area contributed by atoms with Gasteiger partial charge in [0.15, 0.2) is 0 Å². The van der Waals surface area contributed by atoms with Crippen LogP contribution in [0.2, 0.25) is 0 Å². The molecule has 0 aliphatic carbocycles. The lowest BCUT2D eigenvalue weighted by molar-refractivity contribution is -0.0451. The van der Waals surface area contributed by atoms with Crippen molar-refractivity contribution >= 4 is 22.6 Å². The van der Waals surface area contributed by atoms with Crippen LogP contribution < -0.4 is 5.73 Å². The van der Waals surface area contributed by atoms with Gasteiger partial charge in [0.25, 0.3) is 0 Å². The highest BCUT2D eigenvalue weighted by Crippen LogP contribution is 2.29. The van der Waals surface area contributed by atoms with Gasteiger partial charge >= 0.3 is 5.97 Å². The second kappa shape index (κ2) is 5.07. The number of benzene rings is 1. The maximum atomic E-state index is 12.0. The van der Waals surface area contributed by atoms with Crippen LogP contribution in [0.15, 0.2) is 28.7 Å². The number of esters is 1. The zero-order valence-corrected chi connectivity index (χ0v) is 12.2. The average molecular weight is 289 g/mol. The maximum absolute atomic E-state index is 12.0. The molecule has 1 aromatic heterocycles. The van der Waals surface area contributed by atoms with Crippen molar-refractivity contribution in [1.29, 1.82) is 0 Å². The lowest BCUT2D eigenvalue weighted by Gasteiger charge is -2.18. The number of anilines is 1. The molecule has 0 amide bonds. The molecule has 1 unspecified atom stereocenters. The number of fused-ring (bicyclic) bond motifs is 1. The Labute approximate surface area is 123 Å². The van der Waals surface area contributed by atoms with E-state index in [-0.39, 0.29) is 24.1 Å². The number of nitrogen functional groups attached to an aromatic ring is 1. The molecule has 1 fully saturated rings. The minimum absolute atomic E-state index is 0.0380. The SMILES string of the molecule is CC1(C)CCC(COC(=O)c2cc3cc(N)ccc3o2)O1. The molecule has 2 aromatic rings. The van der Waals surface area contributed by atoms with Gasteiger partial charge in [-0.2, -0.15) is 0 Å². The van der Waals surface area contributed by atoms with Crippen LogP contribution in [-0.4, -0.2) is 24.3 Å². The molecular formula is C16H19NO4. The standard InChI is InChI=1S/C16H19NO4/c1-16(2)6-5-12(21-16)9-19-15(18)14-8-10-7-11(17)3-4-13(10)20-14/h3-4,7-8,12H,5-6,9,17H2,1-2H3. The second-order valence-electron chi connectivity index (χ2n) is 6.04. The Bertz CT molecular complexity index is 674. The summed E-state index contributed by atoms with van der Waals surface area (Å²) in [7, 11) is 0. The van der Waals surface area contributed by atoms with Gasteiger partial charge in [-0.1, -0.05) is 0 Å². The van der Waals surface area contributed by atoms with Gasteiger partial charge in [-0.3, -0.25) is 0 Å². The number of carbonyl (C=O) groups is 1. The Hall–Kier alpha value is -2.01. The van der Waals surface area contributed by atoms with Gasteiger partial charge in [0.2, 0.25) is 5.76 Å². The van der Waals surface area contributed by atoms with E-state index in [1.165, 1.54) is 0 Å². The monoisotopic (exact) mass is 289 g/mol. The maximum Gasteiger partial charge on any atom is 0.374 e. The molecule has 3 rings (SSSR count). The summed E-state index contributed by atoms with van der Waals surface area (Å²) in [5.41, 5.74) is 6.82. The van der Waals surface area contributed by atoms with E-state index < -0.39 is 5.97 Å². The summed E-state index contributed by atoms with van der Waals surface area (Å²) < 4.78 is 16.5. The van der Waals surface area contributed by atoms with Crippen molar-refractivity contribution in [3.63, 3.8) is 0 Å². The van der Waals surface area contributed by atoms with Gasteiger partial charge in [0.1, 0.15) is 12.2 Å². The Morgan fingerprint density at radius 3 is 2.95 bits per heavy atom. The van der Waals surface area contributed by atoms with Gasteiger partial charge in [-0.15, -0.1) is 0 Å². The molecule has 0 bridgehead atoms. The van der Waals surface area contributed by atoms with Crippen LogP contribution in [0.3, 0.4) is 0 Å². The topological polar surface area (TPSA) is 74.7 Å². The van der Waals surface area contributed by atoms with Crippen molar-refractivity contribution in [3.8, 4) is 0 Å². The first kappa shape index (κ1) is 13.9. The molecule has 0 radical (unpaired) electrons. The Morgan fingerprint density at radius 2 is 2.24 bits per heavy atom. The number of hydrogen-bond acceptors (Lipinski definition) is 5. The fourth-order valence-electron chi connectivity index (χ4n) is 2.60. The molecule has 5 nitrogen and oxygen atoms in total. The molecule has 5 heteroatoms. The first-order valence-electron chi connectivity index (χ1n) is 7.07. The summed E-state index contributed by atoms with van der Waals surface area (Å²) in [6.07, 6.45) is 1.83. The van der Waals surface area contributed by atoms with Gasteiger partial charge in [0, 0.05) is 11.1 Å². The summed E-state index contributed by atoms with van der Waals surface area (Å²) in [6.45, 7) is 4.33. The molecule has 1 aliphatic heterocycles. The van der Waals surface area contributed by atoms with Gasteiger partial charge in [-0.25, -0.2) is 4.79 Å². The summed E-state index contributed by atoms with van der Waals surface area (Å²) >= 11 is 0. The van der Waals surface area contributed by atoms with Crippen LogP contribution >= 0.6 is 0 Å². The summed E-state index contributed by atoms with van der Waals surface area (Å²) in [5.74, 6) is -0.286. The number of ether oxygens (including phenoxy) is 2. The third kappa shape index (κ3) is 3.03. The minimum atomic E-state index is -0.474. The van der Waals surface area contributed by atoms with Crippen molar-refractivity contribution < 1.29 is 18.7 Å². The predicted octanol–water partition coefficient (Wildman–Crippen LogP) is 3.13. The molecule has 0 saturated carbocycles. The van der Waals surface area contributed by atoms with E-state index >= 15 is 0 Å². The molecule has 2 N–H and O–H groups in total. The molecular weight excluding hydrogens is 270 g/mol. The van der Waals surface area contributed by atoms with Crippen molar-refractivity contribution in [1.82, 2.24) is 0 Å². The van der Waals surface area contributed by atoms with E-state index in [1.54, 1.807) is 24.3 Å². The first-order chi connectivity index (χ1) is 9.93. The van der Waals surface area contributed by atoms with E-state index in [0.717, 1.165) is 18.2 Å². The van der Waals surface area contributed by atoms with E-state index in [9.17, 15) is 4.79 Å². The third-order valence-electron chi connectivity index (χ3n) is 3.70. The highest BCUT2D eigenvalue weighted by atomic mass is 16.6. The highest BCUT2D eigenvalue weighted by molar-refractivity contribution is 5.93. The van der Waals surface area contributed by atoms with Crippen molar-refractivity contribution in [2.45, 2.75) is 38.4 Å². The molecule has 1 aliphatic rings. The van der Waals surface area contributed by atoms with E-state index in [2.05, 4.69) is 0 Å². The fraction of sp³-hybridized carbons (Fsp3) is 0.438. The third-order valence-corrected chi connectivity index (χ3v) is 3.70. The largest absolute Gasteiger partial charge is 0.457 e. The average Bonchev–Trinajstić information content (AvgIpc) is 2.98. The fourth-order valence-corrected chi connectivity index (χ4v) is 2.60. The van der Waals surface area contributed by atoms with E-state index in [0.29, 0.717) is 11.3 Å². The van der Waals surface area contributed by atoms with Crippen LogP contribution in [0.5, 0.6) is 0 Å². The quantitative estimate of drug-likeness (QED) is 0.694. The molecule has 1 aromatic carbocycles. The highest BCUT2D eigenvalue weighted by Gasteiger charge is 2.32. The van der Waals surface area contributed by atoms with Crippen LogP contribution in [0, 0.1) is 0 Å². The number of nitrogens with two attached hydrogens (primary N) is 1. The Kier molecular flexibility index (Phi) is 3.37. The Balaban J connectivity index is 1.64. The number of carbonyl (C=O) groups excluding carboxylic acids is 1. The van der Waals surface area contributed by atoms with Crippen LogP contribution in [0.4, 0.5) is 5.69 Å². The summed E-state index contributed by atoms with van der Waals surface area (Å²) in [6, 6.07) is 6.88. The molecule has 0 spiro atoms. The molecule has 2 heterocycles. The lowest BCUT2D eigenvalue weighted by atomic mass is 10.1. The lowest BCUT2D eigenvalue weighted by Crippen LogP contribution is -2.24. The molecule has 1 atom stereocenters. The second-order valence-corrected chi connectivity index (χ2v) is 6.04. The number of rotatable bonds is 3. The predicted molar refractivity (Wildman–Crippen MR) is 79.1 cm³/mol. The van der Waals surface area contributed by atoms with E-state index in [1.807, 2.05) is 13.8 Å². The van der Waals surface area contributed by atoms with Crippen LogP contribution in [-0.2, 0) is 9.47 Å². The molecule has 21 heavy (non-hydrogen) atoms. The molecule has 1 saturated heterocycles. The van der Waals surface area contributed by atoms with Crippen LogP contribution in [0.1, 0.15) is 37.2 Å². The van der Waals surface area contributed by atoms with Gasteiger partial charge in [-0.05, 0) is 51.0 Å². The Morgan fingerprint density at radius 1 is 1.43 bits per heavy atom.